The fraction of sp³-hybridized carbons (Fsp3) is 0.391. The van der Waals surface area contributed by atoms with Crippen molar-refractivity contribution in [2.24, 2.45) is 0 Å². The van der Waals surface area contributed by atoms with E-state index in [0.29, 0.717) is 24.5 Å². The summed E-state index contributed by atoms with van der Waals surface area (Å²) in [7, 11) is 0. The fourth-order valence-corrected chi connectivity index (χ4v) is 4.44. The van der Waals surface area contributed by atoms with Gasteiger partial charge < -0.3 is 14.5 Å². The van der Waals surface area contributed by atoms with Gasteiger partial charge in [0.2, 0.25) is 5.91 Å². The highest BCUT2D eigenvalue weighted by Gasteiger charge is 2.47. The number of hydrogen-bond acceptors (Lipinski definition) is 3. The minimum absolute atomic E-state index is 0.0786. The summed E-state index contributed by atoms with van der Waals surface area (Å²) in [4.78, 5) is 29.9. The lowest BCUT2D eigenvalue weighted by Gasteiger charge is -2.32. The van der Waals surface area contributed by atoms with E-state index in [0.717, 1.165) is 32.7 Å². The van der Waals surface area contributed by atoms with E-state index >= 15 is 0 Å². The first kappa shape index (κ1) is 19.6. The van der Waals surface area contributed by atoms with Crippen LogP contribution in [0.15, 0.2) is 54.6 Å². The van der Waals surface area contributed by atoms with E-state index in [9.17, 15) is 9.59 Å². The van der Waals surface area contributed by atoms with Crippen LogP contribution in [0.25, 0.3) is 0 Å². The zero-order valence-electron chi connectivity index (χ0n) is 16.9. The van der Waals surface area contributed by atoms with Gasteiger partial charge in [-0.2, -0.15) is 0 Å². The van der Waals surface area contributed by atoms with Crippen molar-refractivity contribution in [3.8, 4) is 5.75 Å². The van der Waals surface area contributed by atoms with Gasteiger partial charge in [-0.15, -0.1) is 0 Å². The summed E-state index contributed by atoms with van der Waals surface area (Å²) < 4.78 is 5.52. The van der Waals surface area contributed by atoms with Crippen LogP contribution < -0.4 is 19.4 Å². The van der Waals surface area contributed by atoms with E-state index in [2.05, 4.69) is 24.3 Å². The van der Waals surface area contributed by atoms with Crippen LogP contribution in [-0.4, -0.2) is 50.6 Å². The summed E-state index contributed by atoms with van der Waals surface area (Å²) in [5.74, 6) is 0.491. The minimum Gasteiger partial charge on any atom is -0.494 e. The number of amides is 2. The number of piperazine rings is 1. The summed E-state index contributed by atoms with van der Waals surface area (Å²) in [6, 6.07) is 17.5. The highest BCUT2D eigenvalue weighted by molar-refractivity contribution is 6.21. The van der Waals surface area contributed by atoms with Crippen molar-refractivity contribution in [2.45, 2.75) is 25.9 Å². The predicted octanol–water partition coefficient (Wildman–Crippen LogP) is -0.299. The van der Waals surface area contributed by atoms with Gasteiger partial charge in [-0.1, -0.05) is 36.4 Å². The molecule has 6 nitrogen and oxygen atoms in total. The maximum atomic E-state index is 13.1. The molecule has 4 rings (SSSR count). The van der Waals surface area contributed by atoms with Crippen LogP contribution in [0.1, 0.15) is 18.9 Å². The molecule has 2 fully saturated rings. The summed E-state index contributed by atoms with van der Waals surface area (Å²) in [5, 5.41) is 0. The van der Waals surface area contributed by atoms with E-state index < -0.39 is 0 Å². The number of quaternary nitrogens is 2. The summed E-state index contributed by atoms with van der Waals surface area (Å²) in [6.07, 6.45) is 0.293. The third-order valence-electron chi connectivity index (χ3n) is 5.92. The topological polar surface area (TPSA) is 55.5 Å². The van der Waals surface area contributed by atoms with Crippen molar-refractivity contribution in [3.63, 3.8) is 0 Å². The molecule has 2 aliphatic rings. The molecule has 2 aliphatic heterocycles. The molecule has 2 aromatic carbocycles. The fourth-order valence-electron chi connectivity index (χ4n) is 4.44. The predicted molar refractivity (Wildman–Crippen MR) is 110 cm³/mol. The molecule has 2 N–H and O–H groups in total. The van der Waals surface area contributed by atoms with E-state index in [1.807, 2.05) is 25.1 Å². The maximum Gasteiger partial charge on any atom is 0.292 e. The molecule has 2 heterocycles. The number of hydrogen-bond donors (Lipinski definition) is 2. The molecule has 6 heteroatoms. The Bertz CT molecular complexity index is 863. The Balaban J connectivity index is 1.39. The zero-order valence-corrected chi connectivity index (χ0v) is 16.9. The van der Waals surface area contributed by atoms with Gasteiger partial charge in [-0.05, 0) is 19.1 Å². The molecule has 0 bridgehead atoms. The molecule has 2 amide bonds. The molecule has 2 aromatic rings. The van der Waals surface area contributed by atoms with E-state index in [1.54, 1.807) is 12.1 Å². The first-order valence-corrected chi connectivity index (χ1v) is 10.5. The Morgan fingerprint density at radius 3 is 2.48 bits per heavy atom. The number of carbonyl (C=O) groups is 2. The summed E-state index contributed by atoms with van der Waals surface area (Å²) in [6.45, 7) is 7.34. The van der Waals surface area contributed by atoms with Crippen LogP contribution in [0.3, 0.4) is 0 Å². The lowest BCUT2D eigenvalue weighted by molar-refractivity contribution is -1.02. The quantitative estimate of drug-likeness (QED) is 0.661. The number of rotatable bonds is 6. The van der Waals surface area contributed by atoms with Crippen molar-refractivity contribution in [2.75, 3.05) is 37.7 Å². The van der Waals surface area contributed by atoms with Gasteiger partial charge in [0.25, 0.3) is 5.91 Å². The van der Waals surface area contributed by atoms with E-state index in [4.69, 9.17) is 4.74 Å². The third kappa shape index (κ3) is 4.33. The number of imide groups is 1. The SMILES string of the molecule is CCOc1cccc(N2C(=O)C[C@H]([NH+]3CC[NH+](Cc4ccccc4)CC3)C2=O)c1. The van der Waals surface area contributed by atoms with Crippen LogP contribution in [0.4, 0.5) is 5.69 Å². The standard InChI is InChI=1S/C23H27N3O3/c1-2-29-20-10-6-9-19(15-20)26-22(27)16-21(23(26)28)25-13-11-24(12-14-25)17-18-7-4-3-5-8-18/h3-10,15,21H,2,11-14,16-17H2,1H3/p+2/t21-/m0/s1. The second-order valence-electron chi connectivity index (χ2n) is 7.83. The summed E-state index contributed by atoms with van der Waals surface area (Å²) >= 11 is 0. The highest BCUT2D eigenvalue weighted by Crippen LogP contribution is 2.25. The van der Waals surface area contributed by atoms with Gasteiger partial charge in [-0.3, -0.25) is 9.59 Å². The number of anilines is 1. The van der Waals surface area contributed by atoms with Crippen molar-refractivity contribution in [1.29, 1.82) is 0 Å². The zero-order chi connectivity index (χ0) is 20.2. The number of nitrogens with zero attached hydrogens (tertiary/aromatic N) is 1. The molecule has 152 valence electrons. The second-order valence-corrected chi connectivity index (χ2v) is 7.83. The molecule has 0 aliphatic carbocycles. The molecule has 1 atom stereocenters. The third-order valence-corrected chi connectivity index (χ3v) is 5.92. The number of ether oxygens (including phenoxy) is 1. The Morgan fingerprint density at radius 1 is 1.00 bits per heavy atom. The van der Waals surface area contributed by atoms with Crippen LogP contribution in [0, 0.1) is 0 Å². The second kappa shape index (κ2) is 8.76. The van der Waals surface area contributed by atoms with Crippen LogP contribution in [-0.2, 0) is 16.1 Å². The Labute approximate surface area is 171 Å². The first-order chi connectivity index (χ1) is 14.2. The van der Waals surface area contributed by atoms with Gasteiger partial charge in [0.15, 0.2) is 6.04 Å². The average Bonchev–Trinajstić information content (AvgIpc) is 3.04. The normalized spacial score (nSPS) is 24.7. The van der Waals surface area contributed by atoms with Gasteiger partial charge in [0.05, 0.1) is 18.7 Å². The Morgan fingerprint density at radius 2 is 1.76 bits per heavy atom. The van der Waals surface area contributed by atoms with Crippen molar-refractivity contribution in [1.82, 2.24) is 0 Å². The smallest absolute Gasteiger partial charge is 0.292 e. The molecule has 0 radical (unpaired) electrons. The van der Waals surface area contributed by atoms with Gasteiger partial charge in [0, 0.05) is 11.6 Å². The molecular formula is C23H29N3O3+2. The highest BCUT2D eigenvalue weighted by atomic mass is 16.5. The molecule has 0 spiro atoms. The number of nitrogens with one attached hydrogen (secondary N) is 2. The molecule has 0 aromatic heterocycles. The van der Waals surface area contributed by atoms with Crippen LogP contribution in [0.5, 0.6) is 5.75 Å². The summed E-state index contributed by atoms with van der Waals surface area (Å²) in [5.41, 5.74) is 1.96. The average molecular weight is 396 g/mol. The largest absolute Gasteiger partial charge is 0.494 e. The van der Waals surface area contributed by atoms with Crippen molar-refractivity contribution < 1.29 is 24.1 Å². The molecule has 29 heavy (non-hydrogen) atoms. The molecular weight excluding hydrogens is 366 g/mol. The molecule has 2 saturated heterocycles. The van der Waals surface area contributed by atoms with E-state index in [-0.39, 0.29) is 17.9 Å². The van der Waals surface area contributed by atoms with Crippen LogP contribution >= 0.6 is 0 Å². The first-order valence-electron chi connectivity index (χ1n) is 10.5. The minimum atomic E-state index is -0.267. The van der Waals surface area contributed by atoms with Crippen molar-refractivity contribution in [3.05, 3.63) is 60.2 Å². The van der Waals surface area contributed by atoms with Gasteiger partial charge in [0.1, 0.15) is 38.5 Å². The van der Waals surface area contributed by atoms with E-state index in [1.165, 1.54) is 20.3 Å². The Hall–Kier alpha value is -2.70. The van der Waals surface area contributed by atoms with Gasteiger partial charge in [-0.25, -0.2) is 4.90 Å². The number of benzene rings is 2. The van der Waals surface area contributed by atoms with Crippen molar-refractivity contribution >= 4 is 17.5 Å². The van der Waals surface area contributed by atoms with Crippen LogP contribution in [0.2, 0.25) is 0 Å². The Kier molecular flexibility index (Phi) is 5.92. The maximum absolute atomic E-state index is 13.1. The molecule has 0 unspecified atom stereocenters. The van der Waals surface area contributed by atoms with Gasteiger partial charge >= 0.3 is 0 Å². The lowest BCUT2D eigenvalue weighted by Crippen LogP contribution is -3.29. The number of carbonyl (C=O) groups excluding carboxylic acids is 2. The lowest BCUT2D eigenvalue weighted by atomic mass is 10.1. The molecule has 0 saturated carbocycles. The monoisotopic (exact) mass is 395 g/mol.